The van der Waals surface area contributed by atoms with E-state index in [0.717, 1.165) is 37.6 Å². The van der Waals surface area contributed by atoms with Gasteiger partial charge in [0, 0.05) is 24.6 Å². The highest BCUT2D eigenvalue weighted by Gasteiger charge is 2.17. The van der Waals surface area contributed by atoms with Gasteiger partial charge in [0.1, 0.15) is 11.6 Å². The summed E-state index contributed by atoms with van der Waals surface area (Å²) < 4.78 is 7.59. The lowest BCUT2D eigenvalue weighted by Crippen LogP contribution is -2.23. The van der Waals surface area contributed by atoms with Gasteiger partial charge in [-0.25, -0.2) is 0 Å². The van der Waals surface area contributed by atoms with Crippen molar-refractivity contribution in [2.24, 2.45) is 5.92 Å². The Morgan fingerprint density at radius 3 is 2.91 bits per heavy atom. The summed E-state index contributed by atoms with van der Waals surface area (Å²) in [6.45, 7) is 6.36. The van der Waals surface area contributed by atoms with Gasteiger partial charge in [-0.2, -0.15) is 0 Å². The van der Waals surface area contributed by atoms with Crippen molar-refractivity contribution in [1.82, 2.24) is 20.1 Å². The molecule has 0 radical (unpaired) electrons. The molecule has 0 fully saturated rings. The zero-order valence-electron chi connectivity index (χ0n) is 14.3. The summed E-state index contributed by atoms with van der Waals surface area (Å²) in [6, 6.07) is 2.37. The molecule has 0 saturated carbocycles. The summed E-state index contributed by atoms with van der Waals surface area (Å²) in [6.07, 6.45) is 10.7. The van der Waals surface area contributed by atoms with Gasteiger partial charge in [-0.3, -0.25) is 0 Å². The van der Waals surface area contributed by atoms with E-state index >= 15 is 0 Å². The zero-order valence-corrected chi connectivity index (χ0v) is 14.3. The number of furan rings is 1. The highest BCUT2D eigenvalue weighted by Crippen LogP contribution is 2.22. The minimum absolute atomic E-state index is 0.315. The number of hydrogen-bond acceptors (Lipinski definition) is 4. The molecule has 23 heavy (non-hydrogen) atoms. The lowest BCUT2D eigenvalue weighted by atomic mass is 9.99. The van der Waals surface area contributed by atoms with Crippen molar-refractivity contribution in [3.8, 4) is 0 Å². The van der Waals surface area contributed by atoms with E-state index in [2.05, 4.69) is 40.0 Å². The fraction of sp³-hybridized carbons (Fsp3) is 0.667. The van der Waals surface area contributed by atoms with E-state index in [1.54, 1.807) is 6.26 Å². The van der Waals surface area contributed by atoms with Crippen LogP contribution in [0.3, 0.4) is 0 Å². The summed E-state index contributed by atoms with van der Waals surface area (Å²) in [5.41, 5.74) is 1.22. The van der Waals surface area contributed by atoms with E-state index in [0.29, 0.717) is 12.0 Å². The van der Waals surface area contributed by atoms with Crippen LogP contribution in [0.25, 0.3) is 0 Å². The summed E-state index contributed by atoms with van der Waals surface area (Å²) in [5, 5.41) is 12.5. The number of aromatic nitrogens is 3. The van der Waals surface area contributed by atoms with Crippen molar-refractivity contribution in [1.29, 1.82) is 0 Å². The van der Waals surface area contributed by atoms with Crippen LogP contribution in [0.5, 0.6) is 0 Å². The van der Waals surface area contributed by atoms with Gasteiger partial charge < -0.3 is 14.3 Å². The molecule has 1 atom stereocenters. The fourth-order valence-electron chi connectivity index (χ4n) is 3.25. The molecule has 2 aromatic rings. The van der Waals surface area contributed by atoms with Gasteiger partial charge in [-0.1, -0.05) is 20.3 Å². The van der Waals surface area contributed by atoms with Gasteiger partial charge in [-0.05, 0) is 37.7 Å². The zero-order chi connectivity index (χ0) is 16.1. The molecule has 0 saturated heterocycles. The molecular weight excluding hydrogens is 288 g/mol. The quantitative estimate of drug-likeness (QED) is 0.842. The van der Waals surface area contributed by atoms with Crippen molar-refractivity contribution in [3.05, 3.63) is 35.8 Å². The molecule has 0 aromatic carbocycles. The number of nitrogens with zero attached hydrogens (tertiary/aromatic N) is 3. The minimum atomic E-state index is 0.315. The van der Waals surface area contributed by atoms with Gasteiger partial charge in [0.15, 0.2) is 0 Å². The first kappa shape index (κ1) is 16.2. The number of nitrogens with one attached hydrogen (secondary N) is 1. The molecule has 0 aliphatic carbocycles. The van der Waals surface area contributed by atoms with E-state index in [1.807, 2.05) is 6.26 Å². The second-order valence-electron chi connectivity index (χ2n) is 6.96. The van der Waals surface area contributed by atoms with Crippen LogP contribution in [0.4, 0.5) is 0 Å². The van der Waals surface area contributed by atoms with E-state index < -0.39 is 0 Å². The van der Waals surface area contributed by atoms with Gasteiger partial charge in [0.05, 0.1) is 19.1 Å². The van der Waals surface area contributed by atoms with Crippen LogP contribution < -0.4 is 5.32 Å². The van der Waals surface area contributed by atoms with E-state index in [9.17, 15) is 0 Å². The van der Waals surface area contributed by atoms with Crippen LogP contribution in [-0.4, -0.2) is 14.8 Å². The normalized spacial score (nSPS) is 16.3. The molecule has 1 aliphatic rings. The predicted molar refractivity (Wildman–Crippen MR) is 89.9 cm³/mol. The highest BCUT2D eigenvalue weighted by atomic mass is 16.3. The third-order valence-corrected chi connectivity index (χ3v) is 4.67. The van der Waals surface area contributed by atoms with Crippen LogP contribution in [0.15, 0.2) is 23.0 Å². The maximum Gasteiger partial charge on any atom is 0.147 e. The molecule has 2 aromatic heterocycles. The summed E-state index contributed by atoms with van der Waals surface area (Å²) in [7, 11) is 0. The molecule has 3 heterocycles. The molecule has 126 valence electrons. The maximum absolute atomic E-state index is 5.27. The lowest BCUT2D eigenvalue weighted by molar-refractivity contribution is 0.425. The minimum Gasteiger partial charge on any atom is -0.472 e. The molecule has 1 aliphatic heterocycles. The second kappa shape index (κ2) is 7.77. The lowest BCUT2D eigenvalue weighted by Gasteiger charge is -2.18. The van der Waals surface area contributed by atoms with Crippen molar-refractivity contribution >= 4 is 0 Å². The Balaban J connectivity index is 1.65. The molecule has 0 amide bonds. The summed E-state index contributed by atoms with van der Waals surface area (Å²) in [4.78, 5) is 0. The van der Waals surface area contributed by atoms with Crippen LogP contribution in [0.1, 0.15) is 69.2 Å². The molecule has 5 nitrogen and oxygen atoms in total. The van der Waals surface area contributed by atoms with Gasteiger partial charge in [-0.15, -0.1) is 10.2 Å². The van der Waals surface area contributed by atoms with Crippen LogP contribution >= 0.6 is 0 Å². The molecule has 1 N–H and O–H groups in total. The van der Waals surface area contributed by atoms with Crippen molar-refractivity contribution in [2.75, 3.05) is 0 Å². The standard InChI is InChI=1S/C18H28N4O/c1-14(2)7-8-16(15-9-11-23-13-15)19-12-18-21-20-17-6-4-3-5-10-22(17)18/h9,11,13-14,16,19H,3-8,10,12H2,1-2H3/t16-/m1/s1. The van der Waals surface area contributed by atoms with Crippen molar-refractivity contribution in [3.63, 3.8) is 0 Å². The first-order chi connectivity index (χ1) is 11.2. The smallest absolute Gasteiger partial charge is 0.147 e. The Labute approximate surface area is 138 Å². The number of aryl methyl sites for hydroxylation is 1. The Hall–Kier alpha value is -1.62. The molecule has 0 spiro atoms. The number of rotatable bonds is 7. The first-order valence-corrected chi connectivity index (χ1v) is 8.90. The number of hydrogen-bond donors (Lipinski definition) is 1. The van der Waals surface area contributed by atoms with Crippen LogP contribution in [0, 0.1) is 5.92 Å². The Kier molecular flexibility index (Phi) is 5.49. The third-order valence-electron chi connectivity index (χ3n) is 4.67. The molecular formula is C18H28N4O. The largest absolute Gasteiger partial charge is 0.472 e. The predicted octanol–water partition coefficient (Wildman–Crippen LogP) is 3.86. The first-order valence-electron chi connectivity index (χ1n) is 8.90. The molecule has 0 unspecified atom stereocenters. The van der Waals surface area contributed by atoms with Gasteiger partial charge in [0.2, 0.25) is 0 Å². The third kappa shape index (κ3) is 4.22. The number of fused-ring (bicyclic) bond motifs is 1. The Morgan fingerprint density at radius 2 is 2.13 bits per heavy atom. The Morgan fingerprint density at radius 1 is 1.22 bits per heavy atom. The van der Waals surface area contributed by atoms with Gasteiger partial charge in [0.25, 0.3) is 0 Å². The van der Waals surface area contributed by atoms with E-state index in [-0.39, 0.29) is 0 Å². The summed E-state index contributed by atoms with van der Waals surface area (Å²) >= 11 is 0. The highest BCUT2D eigenvalue weighted by molar-refractivity contribution is 5.12. The topological polar surface area (TPSA) is 55.9 Å². The van der Waals surface area contributed by atoms with Crippen LogP contribution in [0.2, 0.25) is 0 Å². The van der Waals surface area contributed by atoms with Crippen molar-refractivity contribution in [2.45, 2.75) is 71.5 Å². The van der Waals surface area contributed by atoms with E-state index in [4.69, 9.17) is 4.42 Å². The molecule has 0 bridgehead atoms. The second-order valence-corrected chi connectivity index (χ2v) is 6.96. The van der Waals surface area contributed by atoms with Gasteiger partial charge >= 0.3 is 0 Å². The average Bonchev–Trinajstić information content (AvgIpc) is 3.13. The molecule has 3 rings (SSSR count). The Bertz CT molecular complexity index is 588. The monoisotopic (exact) mass is 316 g/mol. The van der Waals surface area contributed by atoms with Crippen molar-refractivity contribution < 1.29 is 4.42 Å². The van der Waals surface area contributed by atoms with Crippen LogP contribution in [-0.2, 0) is 19.5 Å². The maximum atomic E-state index is 5.27. The SMILES string of the molecule is CC(C)CC[C@@H](NCc1nnc2n1CCCCC2)c1ccoc1. The summed E-state index contributed by atoms with van der Waals surface area (Å²) in [5.74, 6) is 2.93. The van der Waals surface area contributed by atoms with E-state index in [1.165, 1.54) is 31.2 Å². The molecule has 5 heteroatoms. The fourth-order valence-corrected chi connectivity index (χ4v) is 3.25. The average molecular weight is 316 g/mol.